The lowest BCUT2D eigenvalue weighted by molar-refractivity contribution is -0.118. The van der Waals surface area contributed by atoms with Crippen LogP contribution < -0.4 is 15.4 Å². The van der Waals surface area contributed by atoms with Crippen LogP contribution in [0.4, 0.5) is 5.69 Å². The molecule has 0 heterocycles. The maximum Gasteiger partial charge on any atom is 0.262 e. The number of amides is 2. The van der Waals surface area contributed by atoms with Gasteiger partial charge in [0.2, 0.25) is 0 Å². The Morgan fingerprint density at radius 3 is 2.68 bits per heavy atom. The number of aryl methyl sites for hydroxylation is 1. The van der Waals surface area contributed by atoms with Crippen molar-refractivity contribution in [1.29, 1.82) is 0 Å². The summed E-state index contributed by atoms with van der Waals surface area (Å²) in [5.41, 5.74) is 1.80. The molecule has 0 saturated heterocycles. The topological polar surface area (TPSA) is 67.4 Å². The average molecular weight is 359 g/mol. The second kappa shape index (κ2) is 7.57. The van der Waals surface area contributed by atoms with Crippen molar-refractivity contribution in [2.24, 2.45) is 0 Å². The Hall–Kier alpha value is -2.53. The van der Waals surface area contributed by atoms with Crippen molar-refractivity contribution < 1.29 is 14.3 Å². The molecule has 1 aliphatic rings. The number of carbonyl (C=O) groups is 2. The largest absolute Gasteiger partial charge is 0.484 e. The first-order valence-electron chi connectivity index (χ1n) is 8.11. The Morgan fingerprint density at radius 1 is 1.20 bits per heavy atom. The summed E-state index contributed by atoms with van der Waals surface area (Å²) in [4.78, 5) is 24.4. The summed E-state index contributed by atoms with van der Waals surface area (Å²) >= 11 is 5.97. The van der Waals surface area contributed by atoms with Crippen molar-refractivity contribution in [1.82, 2.24) is 5.32 Å². The fraction of sp³-hybridized carbons (Fsp3) is 0.263. The standard InChI is InChI=1S/C19H19ClN2O3/c1-12-10-14(8-9-16(12)20)25-11-18(23)22-17-5-3-2-4-15(17)19(24)21-13-6-7-13/h2-5,8-10,13H,6-7,11H2,1H3,(H,21,24)(H,22,23). The van der Waals surface area contributed by atoms with E-state index in [1.807, 2.05) is 6.92 Å². The highest BCUT2D eigenvalue weighted by Gasteiger charge is 2.25. The number of rotatable bonds is 6. The Bertz CT molecular complexity index is 803. The maximum absolute atomic E-state index is 12.2. The van der Waals surface area contributed by atoms with E-state index in [0.29, 0.717) is 22.0 Å². The number of benzene rings is 2. The summed E-state index contributed by atoms with van der Waals surface area (Å²) in [5, 5.41) is 6.30. The molecule has 2 aromatic rings. The second-order valence-electron chi connectivity index (χ2n) is 6.04. The van der Waals surface area contributed by atoms with Gasteiger partial charge in [-0.1, -0.05) is 23.7 Å². The van der Waals surface area contributed by atoms with Crippen LogP contribution in [-0.2, 0) is 4.79 Å². The predicted octanol–water partition coefficient (Wildman–Crippen LogP) is 3.56. The summed E-state index contributed by atoms with van der Waals surface area (Å²) in [6, 6.07) is 12.4. The smallest absolute Gasteiger partial charge is 0.262 e. The van der Waals surface area contributed by atoms with Crippen molar-refractivity contribution in [3.63, 3.8) is 0 Å². The molecule has 0 radical (unpaired) electrons. The minimum Gasteiger partial charge on any atom is -0.484 e. The van der Waals surface area contributed by atoms with Gasteiger partial charge >= 0.3 is 0 Å². The Kier molecular flexibility index (Phi) is 5.24. The summed E-state index contributed by atoms with van der Waals surface area (Å²) in [7, 11) is 0. The average Bonchev–Trinajstić information content (AvgIpc) is 3.40. The first-order chi connectivity index (χ1) is 12.0. The number of hydrogen-bond acceptors (Lipinski definition) is 3. The minimum atomic E-state index is -0.334. The molecule has 0 unspecified atom stereocenters. The molecule has 2 N–H and O–H groups in total. The van der Waals surface area contributed by atoms with Crippen LogP contribution in [0.1, 0.15) is 28.8 Å². The molecule has 1 saturated carbocycles. The molecule has 3 rings (SSSR count). The van der Waals surface area contributed by atoms with E-state index in [9.17, 15) is 9.59 Å². The maximum atomic E-state index is 12.2. The van der Waals surface area contributed by atoms with Gasteiger partial charge in [-0.3, -0.25) is 9.59 Å². The third-order valence-electron chi connectivity index (χ3n) is 3.86. The third-order valence-corrected chi connectivity index (χ3v) is 4.28. The summed E-state index contributed by atoms with van der Waals surface area (Å²) in [6.07, 6.45) is 2.02. The van der Waals surface area contributed by atoms with E-state index in [-0.39, 0.29) is 24.5 Å². The number of ether oxygens (including phenoxy) is 1. The van der Waals surface area contributed by atoms with E-state index in [0.717, 1.165) is 18.4 Å². The van der Waals surface area contributed by atoms with Crippen molar-refractivity contribution in [2.45, 2.75) is 25.8 Å². The first-order valence-corrected chi connectivity index (χ1v) is 8.49. The zero-order valence-electron chi connectivity index (χ0n) is 13.8. The molecule has 1 aliphatic carbocycles. The molecule has 0 atom stereocenters. The molecule has 6 heteroatoms. The van der Waals surface area contributed by atoms with E-state index in [2.05, 4.69) is 10.6 Å². The molecular weight excluding hydrogens is 340 g/mol. The molecule has 0 aliphatic heterocycles. The number of para-hydroxylation sites is 1. The van der Waals surface area contributed by atoms with Crippen LogP contribution in [0, 0.1) is 6.92 Å². The van der Waals surface area contributed by atoms with Crippen molar-refractivity contribution in [3.8, 4) is 5.75 Å². The van der Waals surface area contributed by atoms with Crippen LogP contribution in [0.2, 0.25) is 5.02 Å². The lowest BCUT2D eigenvalue weighted by atomic mass is 10.1. The van der Waals surface area contributed by atoms with Gasteiger partial charge in [0.15, 0.2) is 6.61 Å². The quantitative estimate of drug-likeness (QED) is 0.829. The van der Waals surface area contributed by atoms with Crippen LogP contribution in [0.25, 0.3) is 0 Å². The highest BCUT2D eigenvalue weighted by molar-refractivity contribution is 6.31. The fourth-order valence-corrected chi connectivity index (χ4v) is 2.44. The number of anilines is 1. The van der Waals surface area contributed by atoms with E-state index in [1.165, 1.54) is 0 Å². The molecule has 2 amide bonds. The Morgan fingerprint density at radius 2 is 1.96 bits per heavy atom. The monoisotopic (exact) mass is 358 g/mol. The van der Waals surface area contributed by atoms with Gasteiger partial charge in [-0.15, -0.1) is 0 Å². The summed E-state index contributed by atoms with van der Waals surface area (Å²) < 4.78 is 5.48. The zero-order chi connectivity index (χ0) is 17.8. The van der Waals surface area contributed by atoms with Crippen LogP contribution >= 0.6 is 11.6 Å². The molecular formula is C19H19ClN2O3. The SMILES string of the molecule is Cc1cc(OCC(=O)Nc2ccccc2C(=O)NC2CC2)ccc1Cl. The van der Waals surface area contributed by atoms with Crippen molar-refractivity contribution in [2.75, 3.05) is 11.9 Å². The van der Waals surface area contributed by atoms with Gasteiger partial charge in [0.1, 0.15) is 5.75 Å². The van der Waals surface area contributed by atoms with Crippen LogP contribution in [0.15, 0.2) is 42.5 Å². The van der Waals surface area contributed by atoms with Gasteiger partial charge < -0.3 is 15.4 Å². The first kappa shape index (κ1) is 17.3. The number of halogens is 1. The summed E-state index contributed by atoms with van der Waals surface area (Å²) in [5.74, 6) is 0.0590. The van der Waals surface area contributed by atoms with Gasteiger partial charge in [0.05, 0.1) is 11.3 Å². The lowest BCUT2D eigenvalue weighted by Gasteiger charge is -2.12. The molecule has 1 fully saturated rings. The van der Waals surface area contributed by atoms with Crippen molar-refractivity contribution in [3.05, 3.63) is 58.6 Å². The van der Waals surface area contributed by atoms with Gasteiger partial charge in [0, 0.05) is 11.1 Å². The van der Waals surface area contributed by atoms with Gasteiger partial charge in [0.25, 0.3) is 11.8 Å². The number of hydrogen-bond donors (Lipinski definition) is 2. The Balaban J connectivity index is 1.60. The molecule has 2 aromatic carbocycles. The normalized spacial score (nSPS) is 13.2. The molecule has 25 heavy (non-hydrogen) atoms. The van der Waals surface area contributed by atoms with Gasteiger partial charge in [-0.25, -0.2) is 0 Å². The molecule has 5 nitrogen and oxygen atoms in total. The van der Waals surface area contributed by atoms with E-state index in [1.54, 1.807) is 42.5 Å². The highest BCUT2D eigenvalue weighted by atomic mass is 35.5. The van der Waals surface area contributed by atoms with E-state index < -0.39 is 0 Å². The molecule has 0 spiro atoms. The zero-order valence-corrected chi connectivity index (χ0v) is 14.6. The third kappa shape index (κ3) is 4.73. The Labute approximate surface area is 151 Å². The van der Waals surface area contributed by atoms with E-state index in [4.69, 9.17) is 16.3 Å². The van der Waals surface area contributed by atoms with Gasteiger partial charge in [-0.2, -0.15) is 0 Å². The van der Waals surface area contributed by atoms with Crippen LogP contribution in [0.3, 0.4) is 0 Å². The molecule has 0 aromatic heterocycles. The van der Waals surface area contributed by atoms with Crippen LogP contribution in [0.5, 0.6) is 5.75 Å². The van der Waals surface area contributed by atoms with E-state index >= 15 is 0 Å². The van der Waals surface area contributed by atoms with Crippen LogP contribution in [-0.4, -0.2) is 24.5 Å². The van der Waals surface area contributed by atoms with Gasteiger partial charge in [-0.05, 0) is 55.7 Å². The highest BCUT2D eigenvalue weighted by Crippen LogP contribution is 2.22. The number of nitrogens with one attached hydrogen (secondary N) is 2. The summed E-state index contributed by atoms with van der Waals surface area (Å²) in [6.45, 7) is 1.71. The molecule has 130 valence electrons. The predicted molar refractivity (Wildman–Crippen MR) is 97.2 cm³/mol. The lowest BCUT2D eigenvalue weighted by Crippen LogP contribution is -2.28. The fourth-order valence-electron chi connectivity index (χ4n) is 2.32. The number of carbonyl (C=O) groups excluding carboxylic acids is 2. The van der Waals surface area contributed by atoms with Crippen molar-refractivity contribution >= 4 is 29.1 Å². The second-order valence-corrected chi connectivity index (χ2v) is 6.45. The molecule has 0 bridgehead atoms. The minimum absolute atomic E-state index is 0.153.